The Bertz CT molecular complexity index is 630. The highest BCUT2D eigenvalue weighted by molar-refractivity contribution is 8.15. The first-order chi connectivity index (χ1) is 11.1. The van der Waals surface area contributed by atoms with Crippen LogP contribution in [-0.4, -0.2) is 16.8 Å². The van der Waals surface area contributed by atoms with E-state index in [1.54, 1.807) is 4.90 Å². The van der Waals surface area contributed by atoms with Crippen LogP contribution in [0.4, 0.5) is 5.69 Å². The van der Waals surface area contributed by atoms with Gasteiger partial charge in [-0.2, -0.15) is 0 Å². The lowest BCUT2D eigenvalue weighted by molar-refractivity contribution is -0.115. The van der Waals surface area contributed by atoms with Crippen molar-refractivity contribution in [1.29, 1.82) is 5.41 Å². The van der Waals surface area contributed by atoms with E-state index in [2.05, 4.69) is 24.3 Å². The predicted octanol–water partition coefficient (Wildman–Crippen LogP) is 4.17. The van der Waals surface area contributed by atoms with Crippen LogP contribution in [0.3, 0.4) is 0 Å². The van der Waals surface area contributed by atoms with Gasteiger partial charge in [0.05, 0.1) is 11.4 Å². The molecule has 1 aliphatic heterocycles. The highest BCUT2D eigenvalue weighted by Crippen LogP contribution is 2.60. The first-order valence-electron chi connectivity index (χ1n) is 8.78. The van der Waals surface area contributed by atoms with Crippen LogP contribution < -0.4 is 4.90 Å². The number of hydrogen-bond acceptors (Lipinski definition) is 3. The Morgan fingerprint density at radius 3 is 2.04 bits per heavy atom. The van der Waals surface area contributed by atoms with Gasteiger partial charge in [0.1, 0.15) is 0 Å². The van der Waals surface area contributed by atoms with E-state index in [1.807, 2.05) is 0 Å². The molecule has 4 saturated carbocycles. The van der Waals surface area contributed by atoms with E-state index >= 15 is 0 Å². The standard InChI is InChI=1S/C19H22N2OS/c20-18-21(17(22)11-23-18)16-3-1-15(2-4-16)19-8-12-5-13(9-19)7-14(6-12)10-19/h1-4,12-14,20H,5-11H2. The number of carbonyl (C=O) groups is 1. The van der Waals surface area contributed by atoms with Gasteiger partial charge in [0, 0.05) is 0 Å². The number of amidine groups is 1. The van der Waals surface area contributed by atoms with Crippen LogP contribution in [0.2, 0.25) is 0 Å². The summed E-state index contributed by atoms with van der Waals surface area (Å²) >= 11 is 1.32. The monoisotopic (exact) mass is 326 g/mol. The highest BCUT2D eigenvalue weighted by atomic mass is 32.2. The van der Waals surface area contributed by atoms with Gasteiger partial charge in [0.15, 0.2) is 5.17 Å². The Morgan fingerprint density at radius 2 is 1.57 bits per heavy atom. The molecule has 1 heterocycles. The zero-order chi connectivity index (χ0) is 15.6. The zero-order valence-corrected chi connectivity index (χ0v) is 14.1. The molecule has 5 aliphatic rings. The van der Waals surface area contributed by atoms with Gasteiger partial charge >= 0.3 is 0 Å². The molecule has 6 rings (SSSR count). The third-order valence-corrected chi connectivity index (χ3v) is 7.41. The van der Waals surface area contributed by atoms with Crippen LogP contribution in [0.25, 0.3) is 0 Å². The summed E-state index contributed by atoms with van der Waals surface area (Å²) in [5.74, 6) is 3.28. The fourth-order valence-corrected chi connectivity index (χ4v) is 6.79. The second kappa shape index (κ2) is 4.85. The summed E-state index contributed by atoms with van der Waals surface area (Å²) < 4.78 is 0. The van der Waals surface area contributed by atoms with Crippen LogP contribution in [0.1, 0.15) is 44.1 Å². The largest absolute Gasteiger partial charge is 0.278 e. The van der Waals surface area contributed by atoms with Gasteiger partial charge in [-0.3, -0.25) is 15.1 Å². The number of amides is 1. The Hall–Kier alpha value is -1.29. The van der Waals surface area contributed by atoms with E-state index in [0.717, 1.165) is 23.4 Å². The molecule has 0 radical (unpaired) electrons. The molecule has 0 aromatic heterocycles. The second-order valence-corrected chi connectivity index (χ2v) is 9.03. The molecule has 120 valence electrons. The quantitative estimate of drug-likeness (QED) is 0.886. The maximum absolute atomic E-state index is 12.0. The number of nitrogens with zero attached hydrogens (tertiary/aromatic N) is 1. The number of hydrogen-bond donors (Lipinski definition) is 1. The maximum Gasteiger partial charge on any atom is 0.243 e. The summed E-state index contributed by atoms with van der Waals surface area (Å²) in [5.41, 5.74) is 2.74. The first kappa shape index (κ1) is 14.1. The highest BCUT2D eigenvalue weighted by Gasteiger charge is 2.51. The fourth-order valence-electron chi connectivity index (χ4n) is 6.06. The molecular weight excluding hydrogens is 304 g/mol. The molecule has 0 atom stereocenters. The first-order valence-corrected chi connectivity index (χ1v) is 9.76. The van der Waals surface area contributed by atoms with Gasteiger partial charge in [-0.05, 0) is 79.4 Å². The summed E-state index contributed by atoms with van der Waals surface area (Å²) in [4.78, 5) is 13.5. The number of thioether (sulfide) groups is 1. The molecule has 1 aromatic rings. The van der Waals surface area contributed by atoms with Crippen molar-refractivity contribution in [2.75, 3.05) is 10.7 Å². The van der Waals surface area contributed by atoms with E-state index in [-0.39, 0.29) is 5.91 Å². The van der Waals surface area contributed by atoms with Crippen molar-refractivity contribution < 1.29 is 4.79 Å². The van der Waals surface area contributed by atoms with Gasteiger partial charge in [-0.25, -0.2) is 0 Å². The normalized spacial score (nSPS) is 38.6. The lowest BCUT2D eigenvalue weighted by atomic mass is 9.48. The summed E-state index contributed by atoms with van der Waals surface area (Å²) in [6, 6.07) is 8.61. The van der Waals surface area contributed by atoms with Crippen molar-refractivity contribution in [2.24, 2.45) is 17.8 Å². The molecular formula is C19H22N2OS. The molecule has 4 bridgehead atoms. The van der Waals surface area contributed by atoms with Crippen molar-refractivity contribution >= 4 is 28.5 Å². The smallest absolute Gasteiger partial charge is 0.243 e. The minimum absolute atomic E-state index is 0.0301. The summed E-state index contributed by atoms with van der Waals surface area (Å²) in [6.07, 6.45) is 8.50. The van der Waals surface area contributed by atoms with Crippen LogP contribution in [0, 0.1) is 23.2 Å². The second-order valence-electron chi connectivity index (χ2n) is 8.07. The van der Waals surface area contributed by atoms with Crippen molar-refractivity contribution in [3.8, 4) is 0 Å². The number of nitrogens with one attached hydrogen (secondary N) is 1. The van der Waals surface area contributed by atoms with Crippen molar-refractivity contribution in [1.82, 2.24) is 0 Å². The van der Waals surface area contributed by atoms with Gasteiger partial charge in [0.2, 0.25) is 5.91 Å². The fraction of sp³-hybridized carbons (Fsp3) is 0.579. The average Bonchev–Trinajstić information content (AvgIpc) is 2.85. The average molecular weight is 326 g/mol. The lowest BCUT2D eigenvalue weighted by Crippen LogP contribution is -2.48. The predicted molar refractivity (Wildman–Crippen MR) is 94.0 cm³/mol. The summed E-state index contributed by atoms with van der Waals surface area (Å²) in [6.45, 7) is 0. The Balaban J connectivity index is 1.46. The Kier molecular flexibility index (Phi) is 2.97. The number of anilines is 1. The van der Waals surface area contributed by atoms with Gasteiger partial charge in [0.25, 0.3) is 0 Å². The zero-order valence-electron chi connectivity index (χ0n) is 13.3. The van der Waals surface area contributed by atoms with Crippen LogP contribution in [0.15, 0.2) is 24.3 Å². The molecule has 1 amide bonds. The molecule has 4 aliphatic carbocycles. The van der Waals surface area contributed by atoms with Crippen LogP contribution >= 0.6 is 11.8 Å². The maximum atomic E-state index is 12.0. The van der Waals surface area contributed by atoms with Crippen LogP contribution in [0.5, 0.6) is 0 Å². The van der Waals surface area contributed by atoms with Gasteiger partial charge in [-0.1, -0.05) is 23.9 Å². The molecule has 1 N–H and O–H groups in total. The van der Waals surface area contributed by atoms with E-state index in [4.69, 9.17) is 5.41 Å². The molecule has 3 nitrogen and oxygen atoms in total. The molecule has 0 spiro atoms. The van der Waals surface area contributed by atoms with E-state index in [0.29, 0.717) is 16.3 Å². The van der Waals surface area contributed by atoms with E-state index in [1.165, 1.54) is 55.9 Å². The SMILES string of the molecule is N=C1SCC(=O)N1c1ccc(C23CC4CC(CC(C4)C2)C3)cc1. The summed E-state index contributed by atoms with van der Waals surface area (Å²) in [5, 5.41) is 8.29. The minimum atomic E-state index is 0.0301. The third-order valence-electron chi connectivity index (χ3n) is 6.56. The summed E-state index contributed by atoms with van der Waals surface area (Å²) in [7, 11) is 0. The van der Waals surface area contributed by atoms with Gasteiger partial charge in [-0.15, -0.1) is 0 Å². The van der Waals surface area contributed by atoms with Crippen molar-refractivity contribution in [3.63, 3.8) is 0 Å². The van der Waals surface area contributed by atoms with Crippen molar-refractivity contribution in [3.05, 3.63) is 29.8 Å². The van der Waals surface area contributed by atoms with Crippen LogP contribution in [-0.2, 0) is 10.2 Å². The lowest BCUT2D eigenvalue weighted by Gasteiger charge is -2.57. The molecule has 1 aromatic carbocycles. The van der Waals surface area contributed by atoms with E-state index in [9.17, 15) is 4.79 Å². The molecule has 0 unspecified atom stereocenters. The topological polar surface area (TPSA) is 44.2 Å². The number of benzene rings is 1. The molecule has 4 heteroatoms. The molecule has 1 saturated heterocycles. The molecule has 5 fully saturated rings. The Labute approximate surface area is 141 Å². The third kappa shape index (κ3) is 2.10. The molecule has 23 heavy (non-hydrogen) atoms. The Morgan fingerprint density at radius 1 is 1.00 bits per heavy atom. The van der Waals surface area contributed by atoms with E-state index < -0.39 is 0 Å². The van der Waals surface area contributed by atoms with Crippen molar-refractivity contribution in [2.45, 2.75) is 43.9 Å². The van der Waals surface area contributed by atoms with Gasteiger partial charge < -0.3 is 0 Å². The number of rotatable bonds is 2. The number of carbonyl (C=O) groups excluding carboxylic acids is 1. The minimum Gasteiger partial charge on any atom is -0.278 e.